The van der Waals surface area contributed by atoms with Gasteiger partial charge in [-0.05, 0) is 45.8 Å². The second-order valence-electron chi connectivity index (χ2n) is 7.05. The molecule has 3 rings (SSSR count). The first-order valence-electron chi connectivity index (χ1n) is 9.66. The molecule has 1 saturated heterocycles. The highest BCUT2D eigenvalue weighted by Crippen LogP contribution is 2.20. The Bertz CT molecular complexity index is 882. The van der Waals surface area contributed by atoms with Gasteiger partial charge in [0.1, 0.15) is 0 Å². The van der Waals surface area contributed by atoms with Crippen molar-refractivity contribution in [1.29, 1.82) is 0 Å². The van der Waals surface area contributed by atoms with Crippen molar-refractivity contribution < 1.29 is 14.3 Å². The number of piperidine rings is 1. The third-order valence-electron chi connectivity index (χ3n) is 5.31. The highest BCUT2D eigenvalue weighted by molar-refractivity contribution is 7.98. The molecule has 0 N–H and O–H groups in total. The lowest BCUT2D eigenvalue weighted by Crippen LogP contribution is -2.45. The fourth-order valence-corrected chi connectivity index (χ4v) is 4.04. The van der Waals surface area contributed by atoms with Crippen molar-refractivity contribution in [3.05, 3.63) is 17.0 Å². The van der Waals surface area contributed by atoms with E-state index >= 15 is 0 Å². The van der Waals surface area contributed by atoms with E-state index in [4.69, 9.17) is 4.74 Å². The maximum absolute atomic E-state index is 12.5. The molecule has 1 aliphatic rings. The Morgan fingerprint density at radius 1 is 1.25 bits per heavy atom. The van der Waals surface area contributed by atoms with Gasteiger partial charge in [0, 0.05) is 29.5 Å². The van der Waals surface area contributed by atoms with Crippen LogP contribution in [0.15, 0.2) is 5.16 Å². The number of nitrogens with zero attached hydrogens (tertiary/aromatic N) is 5. The monoisotopic (exact) mass is 405 g/mol. The highest BCUT2D eigenvalue weighted by atomic mass is 32.2. The Hall–Kier alpha value is -2.16. The number of aryl methyl sites for hydroxylation is 2. The first-order chi connectivity index (χ1) is 13.4. The Morgan fingerprint density at radius 2 is 2.04 bits per heavy atom. The average molecular weight is 406 g/mol. The fraction of sp³-hybridized carbons (Fsp3) is 0.632. The van der Waals surface area contributed by atoms with Crippen LogP contribution >= 0.6 is 11.8 Å². The molecule has 0 spiro atoms. The van der Waals surface area contributed by atoms with Crippen LogP contribution in [0.1, 0.15) is 49.6 Å². The number of carbonyl (C=O) groups excluding carboxylic acids is 2. The van der Waals surface area contributed by atoms with Crippen LogP contribution in [0.2, 0.25) is 0 Å². The van der Waals surface area contributed by atoms with Gasteiger partial charge in [0.15, 0.2) is 6.61 Å². The summed E-state index contributed by atoms with van der Waals surface area (Å²) in [5.41, 5.74) is 2.28. The predicted octanol–water partition coefficient (Wildman–Crippen LogP) is 2.34. The number of carbonyl (C=O) groups is 2. The zero-order valence-corrected chi connectivity index (χ0v) is 17.7. The Labute approximate surface area is 169 Å². The van der Waals surface area contributed by atoms with Gasteiger partial charge in [-0.15, -0.1) is 5.10 Å². The van der Waals surface area contributed by atoms with E-state index in [1.54, 1.807) is 4.52 Å². The van der Waals surface area contributed by atoms with Crippen LogP contribution in [0.4, 0.5) is 0 Å². The summed E-state index contributed by atoms with van der Waals surface area (Å²) in [6.07, 6.45) is 6.07. The number of amides is 1. The summed E-state index contributed by atoms with van der Waals surface area (Å²) in [7, 11) is 0. The van der Waals surface area contributed by atoms with Gasteiger partial charge in [-0.2, -0.15) is 4.98 Å². The lowest BCUT2D eigenvalue weighted by molar-refractivity contribution is -0.153. The zero-order chi connectivity index (χ0) is 20.3. The molecule has 1 fully saturated rings. The number of hydrogen-bond donors (Lipinski definition) is 0. The normalized spacial score (nSPS) is 17.1. The van der Waals surface area contributed by atoms with E-state index in [1.165, 1.54) is 11.8 Å². The van der Waals surface area contributed by atoms with Crippen LogP contribution < -0.4 is 0 Å². The maximum atomic E-state index is 12.5. The summed E-state index contributed by atoms with van der Waals surface area (Å²) in [6.45, 7) is 6.35. The molecular weight excluding hydrogens is 378 g/mol. The van der Waals surface area contributed by atoms with Gasteiger partial charge in [0.05, 0.1) is 6.42 Å². The summed E-state index contributed by atoms with van der Waals surface area (Å²) < 4.78 is 6.94. The van der Waals surface area contributed by atoms with Crippen molar-refractivity contribution in [3.8, 4) is 0 Å². The SMILES string of the molecule is CC[C@@H]1CCCCN1C(=O)COC(=O)Cc1c(C)nc2nc(SC)nn2c1C. The lowest BCUT2D eigenvalue weighted by atomic mass is 10.00. The van der Waals surface area contributed by atoms with Crippen LogP contribution in [-0.2, 0) is 20.7 Å². The average Bonchev–Trinajstić information content (AvgIpc) is 3.12. The zero-order valence-electron chi connectivity index (χ0n) is 16.9. The number of aromatic nitrogens is 4. The number of esters is 1. The first-order valence-corrected chi connectivity index (χ1v) is 10.9. The van der Waals surface area contributed by atoms with Gasteiger partial charge in [0.25, 0.3) is 11.7 Å². The van der Waals surface area contributed by atoms with E-state index in [1.807, 2.05) is 25.0 Å². The summed E-state index contributed by atoms with van der Waals surface area (Å²) >= 11 is 1.44. The summed E-state index contributed by atoms with van der Waals surface area (Å²) in [6, 6.07) is 0.258. The number of fused-ring (bicyclic) bond motifs is 1. The standard InChI is InChI=1S/C19H27N5O3S/c1-5-14-8-6-7-9-23(14)16(25)11-27-17(26)10-15-12(2)20-18-21-19(28-4)22-24(18)13(15)3/h14H,5-11H2,1-4H3/t14-/m1/s1. The van der Waals surface area contributed by atoms with Gasteiger partial charge in [-0.25, -0.2) is 9.50 Å². The van der Waals surface area contributed by atoms with Crippen LogP contribution in [0.3, 0.4) is 0 Å². The van der Waals surface area contributed by atoms with Gasteiger partial charge in [-0.1, -0.05) is 18.7 Å². The van der Waals surface area contributed by atoms with Crippen molar-refractivity contribution in [2.45, 2.75) is 64.1 Å². The van der Waals surface area contributed by atoms with E-state index < -0.39 is 5.97 Å². The number of thioether (sulfide) groups is 1. The number of hydrogen-bond acceptors (Lipinski definition) is 7. The summed E-state index contributed by atoms with van der Waals surface area (Å²) in [5, 5.41) is 5.02. The van der Waals surface area contributed by atoms with E-state index in [2.05, 4.69) is 22.0 Å². The van der Waals surface area contributed by atoms with Crippen LogP contribution in [0.25, 0.3) is 5.78 Å². The molecule has 1 amide bonds. The van der Waals surface area contributed by atoms with Crippen molar-refractivity contribution in [3.63, 3.8) is 0 Å². The highest BCUT2D eigenvalue weighted by Gasteiger charge is 2.26. The third-order valence-corrected chi connectivity index (χ3v) is 5.85. The molecule has 1 aliphatic heterocycles. The second-order valence-corrected chi connectivity index (χ2v) is 7.83. The fourth-order valence-electron chi connectivity index (χ4n) is 3.71. The maximum Gasteiger partial charge on any atom is 0.310 e. The first kappa shape index (κ1) is 20.6. The Morgan fingerprint density at radius 3 is 2.75 bits per heavy atom. The topological polar surface area (TPSA) is 89.7 Å². The second kappa shape index (κ2) is 8.89. The minimum atomic E-state index is -0.434. The molecule has 8 nitrogen and oxygen atoms in total. The molecule has 28 heavy (non-hydrogen) atoms. The number of likely N-dealkylation sites (tertiary alicyclic amines) is 1. The van der Waals surface area contributed by atoms with Gasteiger partial charge >= 0.3 is 5.97 Å². The molecule has 9 heteroatoms. The quantitative estimate of drug-likeness (QED) is 0.538. The van der Waals surface area contributed by atoms with Crippen molar-refractivity contribution >= 4 is 29.4 Å². The molecule has 2 aromatic rings. The molecule has 152 valence electrons. The molecule has 1 atom stereocenters. The minimum Gasteiger partial charge on any atom is -0.455 e. The van der Waals surface area contributed by atoms with Crippen molar-refractivity contribution in [2.75, 3.05) is 19.4 Å². The van der Waals surface area contributed by atoms with Crippen LogP contribution in [-0.4, -0.2) is 61.8 Å². The number of ether oxygens (including phenoxy) is 1. The third kappa shape index (κ3) is 4.29. The summed E-state index contributed by atoms with van der Waals surface area (Å²) in [4.78, 5) is 35.5. The molecule has 0 unspecified atom stereocenters. The number of rotatable bonds is 6. The molecule has 3 heterocycles. The van der Waals surface area contributed by atoms with Crippen LogP contribution in [0, 0.1) is 13.8 Å². The molecule has 0 radical (unpaired) electrons. The van der Waals surface area contributed by atoms with Gasteiger partial charge < -0.3 is 9.64 Å². The molecular formula is C19H27N5O3S. The van der Waals surface area contributed by atoms with E-state index in [9.17, 15) is 9.59 Å². The van der Waals surface area contributed by atoms with E-state index in [0.29, 0.717) is 10.9 Å². The lowest BCUT2D eigenvalue weighted by Gasteiger charge is -2.35. The van der Waals surface area contributed by atoms with E-state index in [0.717, 1.165) is 49.2 Å². The molecule has 0 bridgehead atoms. The Balaban J connectivity index is 1.65. The van der Waals surface area contributed by atoms with Crippen molar-refractivity contribution in [1.82, 2.24) is 24.5 Å². The molecule has 0 aromatic carbocycles. The molecule has 0 aliphatic carbocycles. The van der Waals surface area contributed by atoms with Crippen molar-refractivity contribution in [2.24, 2.45) is 0 Å². The van der Waals surface area contributed by atoms with Gasteiger partial charge in [0.2, 0.25) is 5.16 Å². The largest absolute Gasteiger partial charge is 0.455 e. The predicted molar refractivity (Wildman–Crippen MR) is 106 cm³/mol. The molecule has 2 aromatic heterocycles. The Kier molecular flexibility index (Phi) is 6.53. The van der Waals surface area contributed by atoms with Gasteiger partial charge in [-0.3, -0.25) is 9.59 Å². The summed E-state index contributed by atoms with van der Waals surface area (Å²) in [5.74, 6) is -0.0267. The van der Waals surface area contributed by atoms with Crippen LogP contribution in [0.5, 0.6) is 0 Å². The minimum absolute atomic E-state index is 0.0551. The van der Waals surface area contributed by atoms with E-state index in [-0.39, 0.29) is 25.0 Å². The smallest absolute Gasteiger partial charge is 0.310 e. The molecule has 0 saturated carbocycles.